The molecule has 216 valence electrons. The Hall–Kier alpha value is -2.21. The molecule has 0 aliphatic heterocycles. The second kappa shape index (κ2) is 12.5. The fraction of sp³-hybridized carbons (Fsp3) is 0.440. The number of amides is 2. The third-order valence-electron chi connectivity index (χ3n) is 5.46. The monoisotopic (exact) mass is 629 g/mol. The van der Waals surface area contributed by atoms with E-state index in [0.717, 1.165) is 17.2 Å². The van der Waals surface area contributed by atoms with Gasteiger partial charge in [0.2, 0.25) is 21.8 Å². The Morgan fingerprint density at radius 2 is 1.62 bits per heavy atom. The number of hydrogen-bond acceptors (Lipinski definition) is 4. The van der Waals surface area contributed by atoms with E-state index in [4.69, 9.17) is 34.8 Å². The minimum atomic E-state index is -4.79. The van der Waals surface area contributed by atoms with E-state index in [0.29, 0.717) is 27.0 Å². The molecule has 2 aromatic carbocycles. The minimum absolute atomic E-state index is 0.141. The Labute approximate surface area is 241 Å². The lowest BCUT2D eigenvalue weighted by Gasteiger charge is -2.35. The van der Waals surface area contributed by atoms with Gasteiger partial charge in [-0.15, -0.1) is 0 Å². The van der Waals surface area contributed by atoms with Crippen molar-refractivity contribution in [3.63, 3.8) is 0 Å². The summed E-state index contributed by atoms with van der Waals surface area (Å²) in [4.78, 5) is 28.0. The lowest BCUT2D eigenvalue weighted by atomic mass is 10.1. The van der Waals surface area contributed by atoms with Gasteiger partial charge in [0.05, 0.1) is 22.5 Å². The molecule has 0 saturated heterocycles. The first-order chi connectivity index (χ1) is 17.7. The molecule has 2 amide bonds. The number of hydrogen-bond donors (Lipinski definition) is 1. The summed E-state index contributed by atoms with van der Waals surface area (Å²) < 4.78 is 66.1. The third kappa shape index (κ3) is 9.16. The standard InChI is InChI=1S/C25H29Cl3F3N3O4S/c1-6-20(23(36)32-24(2,3)4)33(13-15-7-9-17(26)12-19(15)28)22(35)14-34(39(5,37)38)21-11-16(25(29,30)31)8-10-18(21)27/h7-12,20H,6,13-14H2,1-5H3,(H,32,36). The van der Waals surface area contributed by atoms with Crippen LogP contribution < -0.4 is 9.62 Å². The summed E-state index contributed by atoms with van der Waals surface area (Å²) in [5, 5.41) is 3.02. The maximum atomic E-state index is 13.7. The molecule has 0 aliphatic rings. The first-order valence-electron chi connectivity index (χ1n) is 11.6. The van der Waals surface area contributed by atoms with Gasteiger partial charge >= 0.3 is 6.18 Å². The predicted octanol–water partition coefficient (Wildman–Crippen LogP) is 6.15. The van der Waals surface area contributed by atoms with Crippen LogP contribution in [0.4, 0.5) is 18.9 Å². The molecule has 0 saturated carbocycles. The quantitative estimate of drug-likeness (QED) is 0.360. The lowest BCUT2D eigenvalue weighted by Crippen LogP contribution is -2.55. The van der Waals surface area contributed by atoms with Gasteiger partial charge in [0.1, 0.15) is 12.6 Å². The fourth-order valence-corrected chi connectivity index (χ4v) is 5.27. The van der Waals surface area contributed by atoms with Crippen LogP contribution in [0.2, 0.25) is 15.1 Å². The number of sulfonamides is 1. The lowest BCUT2D eigenvalue weighted by molar-refractivity contribution is -0.141. The van der Waals surface area contributed by atoms with Gasteiger partial charge in [-0.2, -0.15) is 13.2 Å². The van der Waals surface area contributed by atoms with Gasteiger partial charge < -0.3 is 10.2 Å². The van der Waals surface area contributed by atoms with Crippen LogP contribution in [0, 0.1) is 0 Å². The van der Waals surface area contributed by atoms with E-state index in [1.54, 1.807) is 33.8 Å². The number of anilines is 1. The van der Waals surface area contributed by atoms with Crippen molar-refractivity contribution in [3.05, 3.63) is 62.6 Å². The summed E-state index contributed by atoms with van der Waals surface area (Å²) in [6.07, 6.45) is -3.91. The molecule has 39 heavy (non-hydrogen) atoms. The summed E-state index contributed by atoms with van der Waals surface area (Å²) in [5.74, 6) is -1.37. The van der Waals surface area contributed by atoms with Crippen molar-refractivity contribution in [2.24, 2.45) is 0 Å². The molecule has 0 heterocycles. The zero-order chi connectivity index (χ0) is 29.9. The molecule has 0 aliphatic carbocycles. The Kier molecular flexibility index (Phi) is 10.6. The number of rotatable bonds is 9. The average Bonchev–Trinajstić information content (AvgIpc) is 2.76. The Morgan fingerprint density at radius 1 is 1.00 bits per heavy atom. The van der Waals surface area contributed by atoms with Crippen molar-refractivity contribution in [1.82, 2.24) is 10.2 Å². The van der Waals surface area contributed by atoms with E-state index in [2.05, 4.69) is 5.32 Å². The van der Waals surface area contributed by atoms with Crippen LogP contribution in [0.3, 0.4) is 0 Å². The number of nitrogens with zero attached hydrogens (tertiary/aromatic N) is 2. The molecular formula is C25H29Cl3F3N3O4S. The van der Waals surface area contributed by atoms with Crippen LogP contribution in [0.25, 0.3) is 0 Å². The van der Waals surface area contributed by atoms with E-state index in [9.17, 15) is 31.2 Å². The van der Waals surface area contributed by atoms with Gasteiger partial charge in [0.15, 0.2) is 0 Å². The highest BCUT2D eigenvalue weighted by Crippen LogP contribution is 2.36. The third-order valence-corrected chi connectivity index (χ3v) is 7.49. The summed E-state index contributed by atoms with van der Waals surface area (Å²) in [5.41, 5.74) is -1.91. The highest BCUT2D eigenvalue weighted by atomic mass is 35.5. The molecule has 0 spiro atoms. The van der Waals surface area contributed by atoms with Gasteiger partial charge in [-0.05, 0) is 63.1 Å². The van der Waals surface area contributed by atoms with Gasteiger partial charge in [0.25, 0.3) is 0 Å². The predicted molar refractivity (Wildman–Crippen MR) is 148 cm³/mol. The van der Waals surface area contributed by atoms with E-state index in [1.165, 1.54) is 12.1 Å². The Bertz CT molecular complexity index is 1330. The molecule has 0 bridgehead atoms. The maximum absolute atomic E-state index is 13.7. The molecule has 1 N–H and O–H groups in total. The number of halogens is 6. The minimum Gasteiger partial charge on any atom is -0.350 e. The summed E-state index contributed by atoms with van der Waals surface area (Å²) in [6.45, 7) is 5.78. The highest BCUT2D eigenvalue weighted by molar-refractivity contribution is 7.92. The summed E-state index contributed by atoms with van der Waals surface area (Å²) in [7, 11) is -4.31. The van der Waals surface area contributed by atoms with Crippen molar-refractivity contribution < 1.29 is 31.2 Å². The topological polar surface area (TPSA) is 86.8 Å². The van der Waals surface area contributed by atoms with Crippen LogP contribution in [0.15, 0.2) is 36.4 Å². The van der Waals surface area contributed by atoms with Crippen LogP contribution in [0.1, 0.15) is 45.2 Å². The fourth-order valence-electron chi connectivity index (χ4n) is 3.68. The number of benzene rings is 2. The number of carbonyl (C=O) groups is 2. The molecule has 0 aromatic heterocycles. The van der Waals surface area contributed by atoms with Crippen molar-refractivity contribution in [3.8, 4) is 0 Å². The summed E-state index contributed by atoms with van der Waals surface area (Å²) >= 11 is 18.4. The number of carbonyl (C=O) groups excluding carboxylic acids is 2. The van der Waals surface area contributed by atoms with Gasteiger partial charge in [-0.3, -0.25) is 13.9 Å². The molecule has 0 radical (unpaired) electrons. The Balaban J connectivity index is 2.60. The van der Waals surface area contributed by atoms with E-state index >= 15 is 0 Å². The smallest absolute Gasteiger partial charge is 0.350 e. The molecule has 7 nitrogen and oxygen atoms in total. The normalized spacial score (nSPS) is 13.1. The molecule has 0 fully saturated rings. The molecule has 1 unspecified atom stereocenters. The van der Waals surface area contributed by atoms with Crippen molar-refractivity contribution in [2.75, 3.05) is 17.1 Å². The maximum Gasteiger partial charge on any atom is 0.416 e. The first kappa shape index (κ1) is 33.0. The van der Waals surface area contributed by atoms with Crippen LogP contribution in [-0.2, 0) is 32.3 Å². The average molecular weight is 631 g/mol. The summed E-state index contributed by atoms with van der Waals surface area (Å²) in [6, 6.07) is 5.63. The SMILES string of the molecule is CCC(C(=O)NC(C)(C)C)N(Cc1ccc(Cl)cc1Cl)C(=O)CN(c1cc(C(F)(F)F)ccc1Cl)S(C)(=O)=O. The van der Waals surface area contributed by atoms with Crippen LogP contribution >= 0.6 is 34.8 Å². The van der Waals surface area contributed by atoms with Crippen molar-refractivity contribution in [2.45, 2.75) is 58.4 Å². The Morgan fingerprint density at radius 3 is 2.10 bits per heavy atom. The van der Waals surface area contributed by atoms with Crippen LogP contribution in [-0.4, -0.2) is 49.5 Å². The molecule has 2 aromatic rings. The second-order valence-corrected chi connectivity index (χ2v) is 13.0. The number of alkyl halides is 3. The second-order valence-electron chi connectivity index (χ2n) is 9.85. The van der Waals surface area contributed by atoms with Crippen molar-refractivity contribution >= 4 is 62.3 Å². The largest absolute Gasteiger partial charge is 0.416 e. The van der Waals surface area contributed by atoms with Crippen LogP contribution in [0.5, 0.6) is 0 Å². The zero-order valence-electron chi connectivity index (χ0n) is 21.9. The highest BCUT2D eigenvalue weighted by Gasteiger charge is 2.36. The molecular weight excluding hydrogens is 602 g/mol. The van der Waals surface area contributed by atoms with E-state index in [1.807, 2.05) is 0 Å². The van der Waals surface area contributed by atoms with Crippen molar-refractivity contribution in [1.29, 1.82) is 0 Å². The first-order valence-corrected chi connectivity index (χ1v) is 14.6. The van der Waals surface area contributed by atoms with Gasteiger partial charge in [0, 0.05) is 22.1 Å². The number of nitrogens with one attached hydrogen (secondary N) is 1. The molecule has 14 heteroatoms. The van der Waals surface area contributed by atoms with Gasteiger partial charge in [-0.1, -0.05) is 47.8 Å². The molecule has 2 rings (SSSR count). The van der Waals surface area contributed by atoms with E-state index < -0.39 is 57.4 Å². The zero-order valence-corrected chi connectivity index (χ0v) is 25.0. The van der Waals surface area contributed by atoms with Gasteiger partial charge in [-0.25, -0.2) is 8.42 Å². The molecule has 1 atom stereocenters. The van der Waals surface area contributed by atoms with E-state index in [-0.39, 0.29) is 23.0 Å².